The summed E-state index contributed by atoms with van der Waals surface area (Å²) in [6.45, 7) is 1.66. The highest BCUT2D eigenvalue weighted by Gasteiger charge is 2.26. The Morgan fingerprint density at radius 2 is 1.81 bits per heavy atom. The number of methoxy groups -OCH3 is 1. The van der Waals surface area contributed by atoms with Crippen LogP contribution in [0.4, 0.5) is 0 Å². The minimum absolute atomic E-state index is 0.119. The number of rotatable bonds is 4. The van der Waals surface area contributed by atoms with Gasteiger partial charge in [-0.25, -0.2) is 0 Å². The van der Waals surface area contributed by atoms with Gasteiger partial charge in [-0.3, -0.25) is 4.79 Å². The smallest absolute Gasteiger partial charge is 0.270 e. The van der Waals surface area contributed by atoms with Gasteiger partial charge >= 0.3 is 0 Å². The van der Waals surface area contributed by atoms with Gasteiger partial charge in [0.05, 0.1) is 12.6 Å². The number of aromatic nitrogens is 1. The summed E-state index contributed by atoms with van der Waals surface area (Å²) in [5, 5.41) is 0.991. The van der Waals surface area contributed by atoms with Crippen molar-refractivity contribution in [1.29, 1.82) is 0 Å². The first kappa shape index (κ1) is 17.7. The first-order valence-corrected chi connectivity index (χ1v) is 9.63. The Balaban J connectivity index is 1.47. The minimum atomic E-state index is 0.119. The molecular formula is C23H26N2O2. The highest BCUT2D eigenvalue weighted by atomic mass is 16.5. The Hall–Kier alpha value is -2.75. The Morgan fingerprint density at radius 3 is 2.52 bits per heavy atom. The van der Waals surface area contributed by atoms with E-state index in [-0.39, 0.29) is 5.91 Å². The molecule has 0 saturated carbocycles. The number of hydrogen-bond donors (Lipinski definition) is 0. The van der Waals surface area contributed by atoms with E-state index in [0.717, 1.165) is 54.7 Å². The average molecular weight is 362 g/mol. The Morgan fingerprint density at radius 1 is 1.07 bits per heavy atom. The third-order valence-corrected chi connectivity index (χ3v) is 5.75. The van der Waals surface area contributed by atoms with Crippen molar-refractivity contribution in [2.24, 2.45) is 13.0 Å². The predicted molar refractivity (Wildman–Crippen MR) is 108 cm³/mol. The molecule has 1 aliphatic rings. The lowest BCUT2D eigenvalue weighted by molar-refractivity contribution is 0.0681. The van der Waals surface area contributed by atoms with Crippen LogP contribution in [0, 0.1) is 5.92 Å². The summed E-state index contributed by atoms with van der Waals surface area (Å²) in [5.74, 6) is 1.58. The second kappa shape index (κ2) is 7.47. The molecule has 0 N–H and O–H groups in total. The molecule has 2 aromatic carbocycles. The average Bonchev–Trinajstić information content (AvgIpc) is 3.05. The van der Waals surface area contributed by atoms with Gasteiger partial charge in [-0.1, -0.05) is 36.4 Å². The van der Waals surface area contributed by atoms with Crippen LogP contribution < -0.4 is 4.74 Å². The third kappa shape index (κ3) is 3.44. The molecule has 0 spiro atoms. The highest BCUT2D eigenvalue weighted by Crippen LogP contribution is 2.29. The topological polar surface area (TPSA) is 34.5 Å². The molecule has 27 heavy (non-hydrogen) atoms. The molecule has 1 aromatic heterocycles. The summed E-state index contributed by atoms with van der Waals surface area (Å²) in [5.41, 5.74) is 3.15. The summed E-state index contributed by atoms with van der Waals surface area (Å²) >= 11 is 0. The number of fused-ring (bicyclic) bond motifs is 1. The molecular weight excluding hydrogens is 336 g/mol. The molecule has 140 valence electrons. The number of benzene rings is 2. The highest BCUT2D eigenvalue weighted by molar-refractivity contribution is 6.00. The summed E-state index contributed by atoms with van der Waals surface area (Å²) in [7, 11) is 3.62. The van der Waals surface area contributed by atoms with Crippen molar-refractivity contribution in [3.05, 3.63) is 65.9 Å². The maximum Gasteiger partial charge on any atom is 0.270 e. The van der Waals surface area contributed by atoms with E-state index >= 15 is 0 Å². The molecule has 4 heteroatoms. The lowest BCUT2D eigenvalue weighted by Gasteiger charge is -2.32. The van der Waals surface area contributed by atoms with Gasteiger partial charge in [-0.15, -0.1) is 0 Å². The molecule has 0 atom stereocenters. The van der Waals surface area contributed by atoms with Gasteiger partial charge in [0, 0.05) is 25.5 Å². The quantitative estimate of drug-likeness (QED) is 0.694. The number of hydrogen-bond acceptors (Lipinski definition) is 2. The summed E-state index contributed by atoms with van der Waals surface area (Å²) in [6.07, 6.45) is 3.23. The molecule has 1 fully saturated rings. The first-order chi connectivity index (χ1) is 13.2. The van der Waals surface area contributed by atoms with Gasteiger partial charge in [0.25, 0.3) is 5.91 Å². The van der Waals surface area contributed by atoms with Gasteiger partial charge in [0.15, 0.2) is 0 Å². The SMILES string of the molecule is COc1cccc2c1cc(C(=O)N1CCC(Cc3ccccc3)CC1)n2C. The lowest BCUT2D eigenvalue weighted by Crippen LogP contribution is -2.39. The van der Waals surface area contributed by atoms with E-state index in [0.29, 0.717) is 5.92 Å². The van der Waals surface area contributed by atoms with Gasteiger partial charge in [0.1, 0.15) is 11.4 Å². The van der Waals surface area contributed by atoms with Crippen molar-refractivity contribution in [3.63, 3.8) is 0 Å². The summed E-state index contributed by atoms with van der Waals surface area (Å²) in [4.78, 5) is 15.1. The van der Waals surface area contributed by atoms with Crippen LogP contribution in [0.5, 0.6) is 5.75 Å². The number of piperidine rings is 1. The maximum absolute atomic E-state index is 13.1. The van der Waals surface area contributed by atoms with Crippen molar-refractivity contribution in [3.8, 4) is 5.75 Å². The first-order valence-electron chi connectivity index (χ1n) is 9.63. The Kier molecular flexibility index (Phi) is 4.88. The van der Waals surface area contributed by atoms with Crippen LogP contribution in [-0.2, 0) is 13.5 Å². The number of nitrogens with zero attached hydrogens (tertiary/aromatic N) is 2. The van der Waals surface area contributed by atoms with Crippen molar-refractivity contribution in [2.45, 2.75) is 19.3 Å². The fourth-order valence-electron chi connectivity index (χ4n) is 4.17. The maximum atomic E-state index is 13.1. The molecule has 0 radical (unpaired) electrons. The number of amides is 1. The molecule has 1 amide bonds. The van der Waals surface area contributed by atoms with Crippen molar-refractivity contribution in [1.82, 2.24) is 9.47 Å². The van der Waals surface area contributed by atoms with Gasteiger partial charge in [-0.2, -0.15) is 0 Å². The molecule has 2 heterocycles. The van der Waals surface area contributed by atoms with E-state index in [4.69, 9.17) is 4.74 Å². The number of carbonyl (C=O) groups is 1. The van der Waals surface area contributed by atoms with E-state index in [1.807, 2.05) is 40.8 Å². The van der Waals surface area contributed by atoms with E-state index in [1.54, 1.807) is 7.11 Å². The molecule has 0 bridgehead atoms. The van der Waals surface area contributed by atoms with E-state index in [1.165, 1.54) is 5.56 Å². The largest absolute Gasteiger partial charge is 0.496 e. The predicted octanol–water partition coefficient (Wildman–Crippen LogP) is 4.28. The molecule has 4 rings (SSSR count). The second-order valence-corrected chi connectivity index (χ2v) is 7.41. The van der Waals surface area contributed by atoms with Crippen LogP contribution in [-0.4, -0.2) is 35.6 Å². The van der Waals surface area contributed by atoms with Gasteiger partial charge in [0.2, 0.25) is 0 Å². The molecule has 1 saturated heterocycles. The zero-order chi connectivity index (χ0) is 18.8. The van der Waals surface area contributed by atoms with Gasteiger partial charge < -0.3 is 14.2 Å². The normalized spacial score (nSPS) is 15.3. The number of ether oxygens (including phenoxy) is 1. The van der Waals surface area contributed by atoms with Gasteiger partial charge in [-0.05, 0) is 48.9 Å². The van der Waals surface area contributed by atoms with Crippen LogP contribution >= 0.6 is 0 Å². The van der Waals surface area contributed by atoms with Crippen LogP contribution in [0.25, 0.3) is 10.9 Å². The third-order valence-electron chi connectivity index (χ3n) is 5.75. The number of likely N-dealkylation sites (tertiary alicyclic amines) is 1. The molecule has 1 aliphatic heterocycles. The van der Waals surface area contributed by atoms with Crippen LogP contribution in [0.2, 0.25) is 0 Å². The second-order valence-electron chi connectivity index (χ2n) is 7.41. The van der Waals surface area contributed by atoms with Crippen molar-refractivity contribution < 1.29 is 9.53 Å². The van der Waals surface area contributed by atoms with Crippen molar-refractivity contribution >= 4 is 16.8 Å². The fraction of sp³-hybridized carbons (Fsp3) is 0.348. The summed E-state index contributed by atoms with van der Waals surface area (Å²) in [6, 6.07) is 18.5. The lowest BCUT2D eigenvalue weighted by atomic mass is 9.90. The van der Waals surface area contributed by atoms with Crippen LogP contribution in [0.1, 0.15) is 28.9 Å². The number of aryl methyl sites for hydroxylation is 1. The Labute approximate surface area is 160 Å². The molecule has 0 unspecified atom stereocenters. The van der Waals surface area contributed by atoms with E-state index in [2.05, 4.69) is 30.3 Å². The monoisotopic (exact) mass is 362 g/mol. The van der Waals surface area contributed by atoms with Crippen LogP contribution in [0.15, 0.2) is 54.6 Å². The van der Waals surface area contributed by atoms with E-state index in [9.17, 15) is 4.79 Å². The fourth-order valence-corrected chi connectivity index (χ4v) is 4.17. The van der Waals surface area contributed by atoms with Crippen molar-refractivity contribution in [2.75, 3.05) is 20.2 Å². The number of carbonyl (C=O) groups excluding carboxylic acids is 1. The van der Waals surface area contributed by atoms with Crippen LogP contribution in [0.3, 0.4) is 0 Å². The molecule has 3 aromatic rings. The summed E-state index contributed by atoms with van der Waals surface area (Å²) < 4.78 is 7.44. The standard InChI is InChI=1S/C23H26N2O2/c1-24-20-9-6-10-22(27-2)19(20)16-21(24)23(26)25-13-11-18(12-14-25)15-17-7-4-3-5-8-17/h3-10,16,18H,11-15H2,1-2H3. The minimum Gasteiger partial charge on any atom is -0.496 e. The molecule has 4 nitrogen and oxygen atoms in total. The zero-order valence-corrected chi connectivity index (χ0v) is 16.0. The zero-order valence-electron chi connectivity index (χ0n) is 16.0. The Bertz CT molecular complexity index is 938. The van der Waals surface area contributed by atoms with E-state index < -0.39 is 0 Å². The molecule has 0 aliphatic carbocycles.